The van der Waals surface area contributed by atoms with Crippen LogP contribution in [-0.2, 0) is 4.79 Å². The second kappa shape index (κ2) is 7.09. The molecule has 0 unspecified atom stereocenters. The molecule has 108 valence electrons. The number of hydrogen-bond donors (Lipinski definition) is 2. The summed E-state index contributed by atoms with van der Waals surface area (Å²) in [6.45, 7) is 4.56. The Labute approximate surface area is 121 Å². The van der Waals surface area contributed by atoms with Crippen LogP contribution in [0.5, 0.6) is 0 Å². The minimum atomic E-state index is 0.0475. The summed E-state index contributed by atoms with van der Waals surface area (Å²) in [6.07, 6.45) is 5.76. The molecule has 8 heteroatoms. The van der Waals surface area contributed by atoms with Gasteiger partial charge < -0.3 is 9.88 Å². The van der Waals surface area contributed by atoms with Gasteiger partial charge in [-0.15, -0.1) is 16.9 Å². The molecule has 0 bridgehead atoms. The summed E-state index contributed by atoms with van der Waals surface area (Å²) in [5.41, 5.74) is 0. The number of aromatic nitrogens is 5. The van der Waals surface area contributed by atoms with Crippen molar-refractivity contribution in [2.24, 2.45) is 0 Å². The van der Waals surface area contributed by atoms with Crippen LogP contribution < -0.4 is 5.32 Å². The molecule has 0 saturated carbocycles. The fourth-order valence-electron chi connectivity index (χ4n) is 1.90. The number of nitrogens with one attached hydrogen (secondary N) is 2. The normalized spacial score (nSPS) is 12.3. The quantitative estimate of drug-likeness (QED) is 0.591. The van der Waals surface area contributed by atoms with Crippen molar-refractivity contribution in [2.45, 2.75) is 31.3 Å². The maximum atomic E-state index is 11.8. The van der Waals surface area contributed by atoms with Gasteiger partial charge in [0, 0.05) is 37.2 Å². The van der Waals surface area contributed by atoms with E-state index in [-0.39, 0.29) is 11.9 Å². The molecule has 0 aliphatic heterocycles. The van der Waals surface area contributed by atoms with Crippen LogP contribution in [0.15, 0.2) is 23.6 Å². The molecule has 0 radical (unpaired) electrons. The average Bonchev–Trinajstić information content (AvgIpc) is 3.05. The second-order valence-corrected chi connectivity index (χ2v) is 5.56. The Morgan fingerprint density at radius 1 is 1.60 bits per heavy atom. The number of nitrogens with zero attached hydrogens (tertiary/aromatic N) is 4. The molecule has 1 atom stereocenters. The third kappa shape index (κ3) is 4.09. The number of amides is 1. The van der Waals surface area contributed by atoms with Crippen LogP contribution in [0.4, 0.5) is 0 Å². The van der Waals surface area contributed by atoms with Crippen molar-refractivity contribution in [1.82, 2.24) is 30.3 Å². The fourth-order valence-corrected chi connectivity index (χ4v) is 2.54. The molecule has 0 saturated heterocycles. The molecule has 2 rings (SSSR count). The van der Waals surface area contributed by atoms with E-state index in [2.05, 4.69) is 25.7 Å². The summed E-state index contributed by atoms with van der Waals surface area (Å²) in [6, 6.07) is 0.112. The molecule has 0 aliphatic carbocycles. The zero-order chi connectivity index (χ0) is 14.4. The van der Waals surface area contributed by atoms with E-state index in [4.69, 9.17) is 0 Å². The van der Waals surface area contributed by atoms with Crippen molar-refractivity contribution in [1.29, 1.82) is 0 Å². The minimum Gasteiger partial charge on any atom is -0.355 e. The van der Waals surface area contributed by atoms with Crippen LogP contribution in [0.25, 0.3) is 0 Å². The second-order valence-electron chi connectivity index (χ2n) is 4.44. The summed E-state index contributed by atoms with van der Waals surface area (Å²) in [7, 11) is 0. The Morgan fingerprint density at radius 2 is 2.45 bits per heavy atom. The highest BCUT2D eigenvalue weighted by molar-refractivity contribution is 7.99. The van der Waals surface area contributed by atoms with Crippen LogP contribution in [-0.4, -0.2) is 43.2 Å². The van der Waals surface area contributed by atoms with Gasteiger partial charge in [-0.1, -0.05) is 0 Å². The summed E-state index contributed by atoms with van der Waals surface area (Å²) in [4.78, 5) is 16.0. The topological polar surface area (TPSA) is 88.5 Å². The lowest BCUT2D eigenvalue weighted by Gasteiger charge is -2.14. The molecular formula is C12H18N6OS. The van der Waals surface area contributed by atoms with Gasteiger partial charge in [0.25, 0.3) is 0 Å². The summed E-state index contributed by atoms with van der Waals surface area (Å²) in [5.74, 6) is 1.75. The highest BCUT2D eigenvalue weighted by atomic mass is 32.2. The summed E-state index contributed by atoms with van der Waals surface area (Å²) < 4.78 is 2.00. The average molecular weight is 294 g/mol. The number of hydrogen-bond acceptors (Lipinski definition) is 5. The van der Waals surface area contributed by atoms with Crippen LogP contribution in [0.1, 0.15) is 25.2 Å². The van der Waals surface area contributed by atoms with Gasteiger partial charge in [-0.3, -0.25) is 4.79 Å². The van der Waals surface area contributed by atoms with Crippen molar-refractivity contribution in [3.05, 3.63) is 24.4 Å². The van der Waals surface area contributed by atoms with E-state index in [1.54, 1.807) is 24.2 Å². The molecule has 2 aromatic heterocycles. The number of aryl methyl sites for hydroxylation is 1. The standard InChI is InChI=1S/C12H18N6OS/c1-9(18-5-3-13-10(18)2)7-11(19)14-4-6-20-12-8-15-17-16-12/h3,5,8-9H,4,6-7H2,1-2H3,(H,14,19)(H,15,16,17)/t9-/m0/s1. The first-order valence-corrected chi connectivity index (χ1v) is 7.40. The minimum absolute atomic E-state index is 0.0475. The largest absolute Gasteiger partial charge is 0.355 e. The van der Waals surface area contributed by atoms with Crippen molar-refractivity contribution >= 4 is 17.7 Å². The van der Waals surface area contributed by atoms with Crippen molar-refractivity contribution in [3.63, 3.8) is 0 Å². The van der Waals surface area contributed by atoms with Crippen LogP contribution >= 0.6 is 11.8 Å². The highest BCUT2D eigenvalue weighted by Gasteiger charge is 2.11. The van der Waals surface area contributed by atoms with E-state index >= 15 is 0 Å². The van der Waals surface area contributed by atoms with Gasteiger partial charge in [0.05, 0.1) is 6.20 Å². The van der Waals surface area contributed by atoms with E-state index < -0.39 is 0 Å². The molecular weight excluding hydrogens is 276 g/mol. The molecule has 2 N–H and O–H groups in total. The SMILES string of the molecule is Cc1nccn1[C@@H](C)CC(=O)NCCSc1cn[nH]n1. The van der Waals surface area contributed by atoms with Gasteiger partial charge in [0.1, 0.15) is 10.9 Å². The Bertz CT molecular complexity index is 538. The van der Waals surface area contributed by atoms with E-state index in [0.717, 1.165) is 16.6 Å². The van der Waals surface area contributed by atoms with Crippen molar-refractivity contribution in [2.75, 3.05) is 12.3 Å². The lowest BCUT2D eigenvalue weighted by atomic mass is 10.2. The van der Waals surface area contributed by atoms with E-state index in [9.17, 15) is 4.79 Å². The number of rotatable bonds is 7. The molecule has 1 amide bonds. The summed E-state index contributed by atoms with van der Waals surface area (Å²) in [5, 5.41) is 13.9. The smallest absolute Gasteiger partial charge is 0.222 e. The van der Waals surface area contributed by atoms with Gasteiger partial charge in [0.2, 0.25) is 5.91 Å². The Morgan fingerprint density at radius 3 is 3.10 bits per heavy atom. The number of carbonyl (C=O) groups excluding carboxylic acids is 1. The van der Waals surface area contributed by atoms with E-state index in [1.165, 1.54) is 0 Å². The molecule has 0 spiro atoms. The number of imidazole rings is 1. The molecule has 2 heterocycles. The van der Waals surface area contributed by atoms with Gasteiger partial charge >= 0.3 is 0 Å². The number of H-pyrrole nitrogens is 1. The third-order valence-corrected chi connectivity index (χ3v) is 3.79. The fraction of sp³-hybridized carbons (Fsp3) is 0.500. The zero-order valence-electron chi connectivity index (χ0n) is 11.5. The highest BCUT2D eigenvalue weighted by Crippen LogP contribution is 2.13. The van der Waals surface area contributed by atoms with Gasteiger partial charge in [-0.2, -0.15) is 10.3 Å². The van der Waals surface area contributed by atoms with E-state index in [1.807, 2.05) is 24.6 Å². The van der Waals surface area contributed by atoms with Gasteiger partial charge in [0.15, 0.2) is 0 Å². The number of aromatic amines is 1. The lowest BCUT2D eigenvalue weighted by molar-refractivity contribution is -0.121. The monoisotopic (exact) mass is 294 g/mol. The number of thioether (sulfide) groups is 1. The molecule has 0 aromatic carbocycles. The molecule has 20 heavy (non-hydrogen) atoms. The van der Waals surface area contributed by atoms with Crippen LogP contribution in [0.2, 0.25) is 0 Å². The van der Waals surface area contributed by atoms with Gasteiger partial charge in [-0.25, -0.2) is 4.98 Å². The maximum Gasteiger partial charge on any atom is 0.222 e. The summed E-state index contributed by atoms with van der Waals surface area (Å²) >= 11 is 1.55. The third-order valence-electron chi connectivity index (χ3n) is 2.89. The molecule has 2 aromatic rings. The zero-order valence-corrected chi connectivity index (χ0v) is 12.4. The first-order valence-electron chi connectivity index (χ1n) is 6.41. The Hall–Kier alpha value is -1.83. The molecule has 7 nitrogen and oxygen atoms in total. The molecule has 0 aliphatic rings. The predicted octanol–water partition coefficient (Wildman–Crippen LogP) is 1.17. The Kier molecular flexibility index (Phi) is 5.16. The first kappa shape index (κ1) is 14.6. The maximum absolute atomic E-state index is 11.8. The Balaban J connectivity index is 1.66. The van der Waals surface area contributed by atoms with Crippen LogP contribution in [0, 0.1) is 6.92 Å². The van der Waals surface area contributed by atoms with Crippen molar-refractivity contribution < 1.29 is 4.79 Å². The van der Waals surface area contributed by atoms with E-state index in [0.29, 0.717) is 13.0 Å². The predicted molar refractivity (Wildman–Crippen MR) is 76.4 cm³/mol. The first-order chi connectivity index (χ1) is 9.66. The van der Waals surface area contributed by atoms with Gasteiger partial charge in [-0.05, 0) is 13.8 Å². The number of carbonyl (C=O) groups is 1. The molecule has 0 fully saturated rings. The van der Waals surface area contributed by atoms with Crippen LogP contribution in [0.3, 0.4) is 0 Å². The van der Waals surface area contributed by atoms with Crippen molar-refractivity contribution in [3.8, 4) is 0 Å². The lowest BCUT2D eigenvalue weighted by Crippen LogP contribution is -2.28.